The van der Waals surface area contributed by atoms with Crippen LogP contribution in [-0.2, 0) is 20.6 Å². The van der Waals surface area contributed by atoms with Gasteiger partial charge in [-0.15, -0.1) is 11.8 Å². The van der Waals surface area contributed by atoms with Crippen molar-refractivity contribution in [1.82, 2.24) is 4.31 Å². The molecule has 1 heterocycles. The first-order valence-electron chi connectivity index (χ1n) is 5.92. The van der Waals surface area contributed by atoms with Crippen molar-refractivity contribution in [2.75, 3.05) is 5.75 Å². The van der Waals surface area contributed by atoms with Crippen LogP contribution in [0, 0.1) is 0 Å². The highest BCUT2D eigenvalue weighted by Crippen LogP contribution is 2.38. The smallest absolute Gasteiger partial charge is 0.229 e. The predicted molar refractivity (Wildman–Crippen MR) is 76.9 cm³/mol. The minimum atomic E-state index is -3.53. The van der Waals surface area contributed by atoms with Gasteiger partial charge in [0.05, 0.1) is 5.75 Å². The van der Waals surface area contributed by atoms with Gasteiger partial charge in [-0.3, -0.25) is 4.79 Å². The van der Waals surface area contributed by atoms with Gasteiger partial charge in [-0.2, -0.15) is 4.31 Å². The molecule has 1 atom stereocenters. The fraction of sp³-hybridized carbons (Fsp3) is 0.462. The Morgan fingerprint density at radius 3 is 2.58 bits per heavy atom. The van der Waals surface area contributed by atoms with Crippen molar-refractivity contribution >= 4 is 28.1 Å². The van der Waals surface area contributed by atoms with Crippen LogP contribution >= 0.6 is 11.8 Å². The van der Waals surface area contributed by atoms with E-state index in [0.717, 1.165) is 5.56 Å². The molecule has 4 nitrogen and oxygen atoms in total. The summed E-state index contributed by atoms with van der Waals surface area (Å²) in [6.45, 7) is 3.67. The van der Waals surface area contributed by atoms with Crippen molar-refractivity contribution in [3.63, 3.8) is 0 Å². The lowest BCUT2D eigenvalue weighted by Crippen LogP contribution is -2.48. The largest absolute Gasteiger partial charge is 0.288 e. The Morgan fingerprint density at radius 2 is 2.00 bits per heavy atom. The minimum absolute atomic E-state index is 0.0873. The highest BCUT2D eigenvalue weighted by molar-refractivity contribution is 8.02. The number of sulfonamides is 1. The summed E-state index contributed by atoms with van der Waals surface area (Å²) < 4.78 is 26.3. The maximum absolute atomic E-state index is 12.5. The van der Waals surface area contributed by atoms with Gasteiger partial charge in [0.25, 0.3) is 0 Å². The van der Waals surface area contributed by atoms with E-state index in [9.17, 15) is 13.2 Å². The molecule has 0 spiro atoms. The summed E-state index contributed by atoms with van der Waals surface area (Å²) in [7, 11) is -3.53. The molecule has 1 radical (unpaired) electrons. The number of nitrogens with zero attached hydrogens (tertiary/aromatic N) is 1. The van der Waals surface area contributed by atoms with E-state index in [1.807, 2.05) is 26.2 Å². The monoisotopic (exact) mass is 298 g/mol. The van der Waals surface area contributed by atoms with E-state index in [2.05, 4.69) is 0 Å². The zero-order chi connectivity index (χ0) is 14.1. The molecule has 103 valence electrons. The zero-order valence-electron chi connectivity index (χ0n) is 10.9. The fourth-order valence-electron chi connectivity index (χ4n) is 2.19. The fourth-order valence-corrected chi connectivity index (χ4v) is 5.95. The molecule has 2 rings (SSSR count). The highest BCUT2D eigenvalue weighted by atomic mass is 32.2. The van der Waals surface area contributed by atoms with Crippen LogP contribution in [0.15, 0.2) is 30.3 Å². The molecule has 1 saturated heterocycles. The van der Waals surface area contributed by atoms with Gasteiger partial charge in [0.1, 0.15) is 5.37 Å². The molecule has 1 fully saturated rings. The molecule has 0 unspecified atom stereocenters. The Morgan fingerprint density at radius 1 is 1.37 bits per heavy atom. The van der Waals surface area contributed by atoms with Crippen molar-refractivity contribution in [2.45, 2.75) is 30.5 Å². The van der Waals surface area contributed by atoms with Crippen LogP contribution in [0.25, 0.3) is 0 Å². The second-order valence-electron chi connectivity index (χ2n) is 5.13. The molecule has 1 aliphatic rings. The van der Waals surface area contributed by atoms with Crippen molar-refractivity contribution in [3.8, 4) is 0 Å². The molecule has 19 heavy (non-hydrogen) atoms. The quantitative estimate of drug-likeness (QED) is 0.850. The Labute approximate surface area is 118 Å². The van der Waals surface area contributed by atoms with Gasteiger partial charge in [-0.05, 0) is 19.4 Å². The number of hydrogen-bond acceptors (Lipinski definition) is 4. The van der Waals surface area contributed by atoms with Gasteiger partial charge in [-0.1, -0.05) is 30.3 Å². The second-order valence-corrected chi connectivity index (χ2v) is 8.05. The third kappa shape index (κ3) is 3.01. The molecule has 0 aromatic heterocycles. The molecule has 0 saturated carbocycles. The van der Waals surface area contributed by atoms with Gasteiger partial charge in [-0.25, -0.2) is 8.42 Å². The summed E-state index contributed by atoms with van der Waals surface area (Å²) in [5.41, 5.74) is 0.167. The summed E-state index contributed by atoms with van der Waals surface area (Å²) in [4.78, 5) is 11.0. The molecule has 6 heteroatoms. The molecular formula is C13H16NO3S2. The summed E-state index contributed by atoms with van der Waals surface area (Å²) in [5, 5.41) is -0.733. The Bertz CT molecular complexity index is 555. The average Bonchev–Trinajstić information content (AvgIpc) is 2.65. The van der Waals surface area contributed by atoms with Crippen LogP contribution in [0.3, 0.4) is 0 Å². The second kappa shape index (κ2) is 5.26. The molecule has 1 aromatic rings. The zero-order valence-corrected chi connectivity index (χ0v) is 12.5. The van der Waals surface area contributed by atoms with Crippen LogP contribution in [0.5, 0.6) is 0 Å². The molecular weight excluding hydrogens is 282 g/mol. The lowest BCUT2D eigenvalue weighted by molar-refractivity contribution is 0.283. The van der Waals surface area contributed by atoms with E-state index in [4.69, 9.17) is 0 Å². The van der Waals surface area contributed by atoms with Gasteiger partial charge in [0.15, 0.2) is 0 Å². The summed E-state index contributed by atoms with van der Waals surface area (Å²) in [5.74, 6) is 0.511. The third-order valence-electron chi connectivity index (χ3n) is 3.00. The number of benzene rings is 1. The lowest BCUT2D eigenvalue weighted by Gasteiger charge is -2.31. The molecule has 1 aliphatic heterocycles. The Balaban J connectivity index is 2.30. The first-order valence-corrected chi connectivity index (χ1v) is 8.58. The van der Waals surface area contributed by atoms with Gasteiger partial charge in [0, 0.05) is 11.3 Å². The SMILES string of the molecule is CC1(C)CS[C@@H]([C]=O)N1S(=O)(=O)Cc1ccccc1. The van der Waals surface area contributed by atoms with E-state index in [-0.39, 0.29) is 5.75 Å². The molecule has 0 N–H and O–H groups in total. The summed E-state index contributed by atoms with van der Waals surface area (Å²) in [6, 6.07) is 8.99. The molecule has 0 bridgehead atoms. The van der Waals surface area contributed by atoms with E-state index in [1.165, 1.54) is 16.1 Å². The molecule has 0 amide bonds. The van der Waals surface area contributed by atoms with E-state index in [1.54, 1.807) is 24.3 Å². The topological polar surface area (TPSA) is 54.5 Å². The minimum Gasteiger partial charge on any atom is -0.288 e. The van der Waals surface area contributed by atoms with Crippen molar-refractivity contribution in [1.29, 1.82) is 0 Å². The number of rotatable bonds is 4. The first kappa shape index (κ1) is 14.6. The van der Waals surface area contributed by atoms with Gasteiger partial charge in [0.2, 0.25) is 16.3 Å². The molecule has 0 aliphatic carbocycles. The van der Waals surface area contributed by atoms with Crippen LogP contribution in [-0.4, -0.2) is 35.7 Å². The number of thioether (sulfide) groups is 1. The van der Waals surface area contributed by atoms with Crippen molar-refractivity contribution in [2.24, 2.45) is 0 Å². The standard InChI is InChI=1S/C13H16NO3S2/c1-13(2)10-18-12(8-15)14(13)19(16,17)9-11-6-4-3-5-7-11/h3-7,12H,9-10H2,1-2H3/t12-/m0/s1. The summed E-state index contributed by atoms with van der Waals surface area (Å²) in [6.07, 6.45) is 1.82. The van der Waals surface area contributed by atoms with E-state index >= 15 is 0 Å². The number of hydrogen-bond donors (Lipinski definition) is 0. The van der Waals surface area contributed by atoms with Crippen LogP contribution in [0.4, 0.5) is 0 Å². The van der Waals surface area contributed by atoms with Crippen molar-refractivity contribution in [3.05, 3.63) is 35.9 Å². The summed E-state index contributed by atoms with van der Waals surface area (Å²) >= 11 is 1.32. The Kier molecular flexibility index (Phi) is 4.03. The van der Waals surface area contributed by atoms with Crippen LogP contribution < -0.4 is 0 Å². The predicted octanol–water partition coefficient (Wildman–Crippen LogP) is 1.78. The van der Waals surface area contributed by atoms with Gasteiger partial charge >= 0.3 is 0 Å². The average molecular weight is 298 g/mol. The van der Waals surface area contributed by atoms with Gasteiger partial charge < -0.3 is 0 Å². The first-order chi connectivity index (χ1) is 8.87. The van der Waals surface area contributed by atoms with E-state index in [0.29, 0.717) is 5.75 Å². The highest BCUT2D eigenvalue weighted by Gasteiger charge is 2.47. The van der Waals surface area contributed by atoms with Crippen LogP contribution in [0.1, 0.15) is 19.4 Å². The Hall–Kier alpha value is -0.850. The third-order valence-corrected chi connectivity index (χ3v) is 6.63. The normalized spacial score (nSPS) is 23.4. The van der Waals surface area contributed by atoms with E-state index < -0.39 is 20.9 Å². The number of carbonyl (C=O) groups excluding carboxylic acids is 1. The maximum Gasteiger partial charge on any atom is 0.229 e. The lowest BCUT2D eigenvalue weighted by atomic mass is 10.1. The van der Waals surface area contributed by atoms with Crippen molar-refractivity contribution < 1.29 is 13.2 Å². The van der Waals surface area contributed by atoms with Crippen LogP contribution in [0.2, 0.25) is 0 Å². The maximum atomic E-state index is 12.5. The molecule has 1 aromatic carbocycles.